The number of amides is 4. The van der Waals surface area contributed by atoms with Crippen LogP contribution in [0, 0.1) is 0 Å². The maximum atomic E-state index is 13.7. The summed E-state index contributed by atoms with van der Waals surface area (Å²) in [5, 5.41) is 25.6. The lowest BCUT2D eigenvalue weighted by molar-refractivity contribution is -0.129. The number of carbonyl (C=O) groups is 4. The van der Waals surface area contributed by atoms with Gasteiger partial charge in [0.1, 0.15) is 12.1 Å². The molecule has 4 rings (SSSR count). The number of ether oxygens (including phenoxy) is 1. The van der Waals surface area contributed by atoms with Crippen LogP contribution in [0.25, 0.3) is 0 Å². The fourth-order valence-electron chi connectivity index (χ4n) is 6.56. The summed E-state index contributed by atoms with van der Waals surface area (Å²) in [6.07, 6.45) is -0.533. The standard InChI is InChI=1S/C39H58N6O6S/c1-37(2,3)44-33(48)29-20-28(51-38(4,5)6)24-45(29)23-27(46)22-41-35(50)32-39(7,8)52-36(43-32)31(34(49)40-21-26-17-13-10-14-18-26)42-30(47)19-25-15-11-9-12-16-25/h9-18,27-29,31-32,36,43,46H,19-24H2,1-8H3,(H,40,49)(H,41,50)(H,42,47)(H,44,48)/t27?,28-,29+,31-,32+,36-/m1/s1. The van der Waals surface area contributed by atoms with Gasteiger partial charge < -0.3 is 31.1 Å². The Hall–Kier alpha value is -3.49. The predicted octanol–water partition coefficient (Wildman–Crippen LogP) is 2.49. The fourth-order valence-corrected chi connectivity index (χ4v) is 8.06. The number of aliphatic hydroxyl groups excluding tert-OH is 1. The van der Waals surface area contributed by atoms with Crippen LogP contribution in [0.1, 0.15) is 72.9 Å². The van der Waals surface area contributed by atoms with Gasteiger partial charge in [-0.15, -0.1) is 11.8 Å². The normalized spacial score (nSPS) is 23.0. The predicted molar refractivity (Wildman–Crippen MR) is 204 cm³/mol. The van der Waals surface area contributed by atoms with E-state index in [0.29, 0.717) is 13.0 Å². The minimum Gasteiger partial charge on any atom is -0.390 e. The average Bonchev–Trinajstić information content (AvgIpc) is 3.59. The molecule has 0 aromatic heterocycles. The van der Waals surface area contributed by atoms with Crippen molar-refractivity contribution in [2.75, 3.05) is 19.6 Å². The molecule has 0 aliphatic carbocycles. The summed E-state index contributed by atoms with van der Waals surface area (Å²) in [5.41, 5.74) is 0.933. The number of hydrogen-bond donors (Lipinski definition) is 6. The molecule has 2 aromatic rings. The summed E-state index contributed by atoms with van der Waals surface area (Å²) in [5.74, 6) is -1.14. The molecule has 6 N–H and O–H groups in total. The first-order valence-electron chi connectivity index (χ1n) is 18.1. The summed E-state index contributed by atoms with van der Waals surface area (Å²) in [6.45, 7) is 16.4. The topological polar surface area (TPSA) is 161 Å². The average molecular weight is 739 g/mol. The molecule has 2 fully saturated rings. The second kappa shape index (κ2) is 17.6. The molecule has 12 nitrogen and oxygen atoms in total. The molecule has 0 saturated carbocycles. The molecule has 0 bridgehead atoms. The van der Waals surface area contributed by atoms with Crippen molar-refractivity contribution in [2.24, 2.45) is 0 Å². The lowest BCUT2D eigenvalue weighted by Crippen LogP contribution is -2.58. The number of nitrogens with zero attached hydrogens (tertiary/aromatic N) is 1. The maximum Gasteiger partial charge on any atom is 0.245 e. The monoisotopic (exact) mass is 738 g/mol. The minimum absolute atomic E-state index is 0.0356. The quantitative estimate of drug-likeness (QED) is 0.171. The van der Waals surface area contributed by atoms with Gasteiger partial charge in [-0.1, -0.05) is 60.7 Å². The molecule has 2 heterocycles. The number of benzene rings is 2. The number of β-amino-alcohol motifs (C(OH)–C–C–N with tert-alkyl or cyclic N) is 1. The highest BCUT2D eigenvalue weighted by Gasteiger charge is 2.49. The molecular weight excluding hydrogens is 681 g/mol. The minimum atomic E-state index is -0.970. The van der Waals surface area contributed by atoms with Gasteiger partial charge in [0.2, 0.25) is 23.6 Å². The number of carbonyl (C=O) groups excluding carboxylic acids is 4. The lowest BCUT2D eigenvalue weighted by Gasteiger charge is -2.29. The summed E-state index contributed by atoms with van der Waals surface area (Å²) >= 11 is 1.41. The molecule has 2 aliphatic rings. The van der Waals surface area contributed by atoms with E-state index in [-0.39, 0.29) is 61.4 Å². The van der Waals surface area contributed by atoms with E-state index in [0.717, 1.165) is 11.1 Å². The van der Waals surface area contributed by atoms with E-state index in [1.807, 2.05) is 121 Å². The van der Waals surface area contributed by atoms with E-state index in [9.17, 15) is 24.3 Å². The molecule has 1 unspecified atom stereocenters. The van der Waals surface area contributed by atoms with E-state index < -0.39 is 39.9 Å². The van der Waals surface area contributed by atoms with Crippen LogP contribution in [0.5, 0.6) is 0 Å². The Morgan fingerprint density at radius 2 is 1.56 bits per heavy atom. The molecule has 2 aliphatic heterocycles. The van der Waals surface area contributed by atoms with Gasteiger partial charge in [-0.05, 0) is 72.9 Å². The largest absolute Gasteiger partial charge is 0.390 e. The first-order valence-corrected chi connectivity index (χ1v) is 19.0. The Morgan fingerprint density at radius 1 is 0.942 bits per heavy atom. The van der Waals surface area contributed by atoms with Crippen LogP contribution in [0.3, 0.4) is 0 Å². The van der Waals surface area contributed by atoms with Gasteiger partial charge >= 0.3 is 0 Å². The second-order valence-corrected chi connectivity index (χ2v) is 18.1. The van der Waals surface area contributed by atoms with E-state index >= 15 is 0 Å². The van der Waals surface area contributed by atoms with E-state index in [1.165, 1.54) is 11.8 Å². The molecule has 2 aromatic carbocycles. The Morgan fingerprint density at radius 3 is 2.15 bits per heavy atom. The third-order valence-corrected chi connectivity index (χ3v) is 10.3. The summed E-state index contributed by atoms with van der Waals surface area (Å²) < 4.78 is 5.55. The van der Waals surface area contributed by atoms with Gasteiger partial charge in [0.05, 0.1) is 35.6 Å². The number of likely N-dealkylation sites (tertiary alicyclic amines) is 1. The first-order chi connectivity index (χ1) is 24.3. The van der Waals surface area contributed by atoms with E-state index in [4.69, 9.17) is 4.74 Å². The van der Waals surface area contributed by atoms with Gasteiger partial charge in [-0.25, -0.2) is 0 Å². The zero-order chi connectivity index (χ0) is 38.3. The van der Waals surface area contributed by atoms with E-state index in [2.05, 4.69) is 26.6 Å². The van der Waals surface area contributed by atoms with Crippen molar-refractivity contribution >= 4 is 35.4 Å². The Labute approximate surface area is 313 Å². The lowest BCUT2D eigenvalue weighted by atomic mass is 10.0. The smallest absolute Gasteiger partial charge is 0.245 e. The van der Waals surface area contributed by atoms with Crippen molar-refractivity contribution in [3.05, 3.63) is 71.8 Å². The van der Waals surface area contributed by atoms with Crippen molar-refractivity contribution in [1.29, 1.82) is 0 Å². The van der Waals surface area contributed by atoms with Gasteiger partial charge in [0, 0.05) is 36.5 Å². The van der Waals surface area contributed by atoms with Crippen LogP contribution in [0.15, 0.2) is 60.7 Å². The molecule has 4 amide bonds. The van der Waals surface area contributed by atoms with Crippen LogP contribution >= 0.6 is 11.8 Å². The maximum absolute atomic E-state index is 13.7. The SMILES string of the molecule is CC(C)(C)NC(=O)[C@@H]1C[C@@H](OC(C)(C)C)CN1CC(O)CNC(=O)[C@@H]1N[C@@H]([C@H](NC(=O)Cc2ccccc2)C(=O)NCc2ccccc2)SC1(C)C. The van der Waals surface area contributed by atoms with Gasteiger partial charge in [0.25, 0.3) is 0 Å². The van der Waals surface area contributed by atoms with Crippen LogP contribution in [0.2, 0.25) is 0 Å². The number of hydrogen-bond acceptors (Lipinski definition) is 9. The number of rotatable bonds is 14. The molecule has 0 spiro atoms. The van der Waals surface area contributed by atoms with Crippen LogP contribution in [0.4, 0.5) is 0 Å². The highest BCUT2D eigenvalue weighted by atomic mass is 32.2. The molecule has 0 radical (unpaired) electrons. The third kappa shape index (κ3) is 12.6. The Bertz CT molecular complexity index is 1510. The van der Waals surface area contributed by atoms with Crippen molar-refractivity contribution in [3.63, 3.8) is 0 Å². The Balaban J connectivity index is 1.40. The zero-order valence-electron chi connectivity index (χ0n) is 31.8. The van der Waals surface area contributed by atoms with Crippen molar-refractivity contribution < 1.29 is 29.0 Å². The number of thioether (sulfide) groups is 1. The molecule has 52 heavy (non-hydrogen) atoms. The second-order valence-electron chi connectivity index (χ2n) is 16.3. The summed E-state index contributed by atoms with van der Waals surface area (Å²) in [7, 11) is 0. The summed E-state index contributed by atoms with van der Waals surface area (Å²) in [6, 6.07) is 16.6. The van der Waals surface area contributed by atoms with Gasteiger partial charge in [-0.3, -0.25) is 29.4 Å². The summed E-state index contributed by atoms with van der Waals surface area (Å²) in [4.78, 5) is 55.7. The van der Waals surface area contributed by atoms with Crippen molar-refractivity contribution in [3.8, 4) is 0 Å². The van der Waals surface area contributed by atoms with Crippen LogP contribution in [-0.2, 0) is 36.9 Å². The molecule has 286 valence electrons. The number of nitrogens with one attached hydrogen (secondary N) is 5. The van der Waals surface area contributed by atoms with Crippen LogP contribution < -0.4 is 26.6 Å². The van der Waals surface area contributed by atoms with Crippen molar-refractivity contribution in [1.82, 2.24) is 31.5 Å². The molecular formula is C39H58N6O6S. The van der Waals surface area contributed by atoms with Crippen molar-refractivity contribution in [2.45, 2.75) is 126 Å². The third-order valence-electron chi connectivity index (χ3n) is 8.78. The highest BCUT2D eigenvalue weighted by Crippen LogP contribution is 2.39. The molecule has 6 atom stereocenters. The van der Waals surface area contributed by atoms with E-state index in [1.54, 1.807) is 0 Å². The first kappa shape index (κ1) is 41.3. The Kier molecular flexibility index (Phi) is 13.9. The molecule has 2 saturated heterocycles. The fraction of sp³-hybridized carbons (Fsp3) is 0.590. The number of aliphatic hydroxyl groups is 1. The van der Waals surface area contributed by atoms with Gasteiger partial charge in [0.15, 0.2) is 0 Å². The van der Waals surface area contributed by atoms with Gasteiger partial charge in [-0.2, -0.15) is 0 Å². The van der Waals surface area contributed by atoms with Crippen LogP contribution in [-0.4, -0.2) is 105 Å². The zero-order valence-corrected chi connectivity index (χ0v) is 32.6. The highest BCUT2D eigenvalue weighted by molar-refractivity contribution is 8.01. The molecule has 13 heteroatoms.